The van der Waals surface area contributed by atoms with Crippen LogP contribution in [0.5, 0.6) is 0 Å². The van der Waals surface area contributed by atoms with Crippen molar-refractivity contribution in [1.29, 1.82) is 0 Å². The molecule has 0 aliphatic rings. The van der Waals surface area contributed by atoms with Crippen LogP contribution in [0.1, 0.15) is 10.4 Å². The molecule has 7 nitrogen and oxygen atoms in total. The Balaban J connectivity index is 1.41. The first-order chi connectivity index (χ1) is 13.6. The first-order valence-electron chi connectivity index (χ1n) is 8.58. The molecule has 138 valence electrons. The van der Waals surface area contributed by atoms with Gasteiger partial charge < -0.3 is 9.73 Å². The number of oxazole rings is 1. The van der Waals surface area contributed by atoms with Crippen LogP contribution in [0.2, 0.25) is 0 Å². The number of para-hydroxylation sites is 2. The summed E-state index contributed by atoms with van der Waals surface area (Å²) in [5.41, 5.74) is 3.51. The van der Waals surface area contributed by atoms with Crippen LogP contribution in [0, 0.1) is 10.1 Å². The maximum atomic E-state index is 12.2. The van der Waals surface area contributed by atoms with Crippen molar-refractivity contribution in [3.05, 3.63) is 88.5 Å². The fourth-order valence-corrected chi connectivity index (χ4v) is 2.78. The summed E-state index contributed by atoms with van der Waals surface area (Å²) in [6.45, 7) is 0.0834. The Morgan fingerprint density at radius 2 is 1.71 bits per heavy atom. The van der Waals surface area contributed by atoms with E-state index < -0.39 is 4.92 Å². The molecular weight excluding hydrogens is 358 g/mol. The predicted molar refractivity (Wildman–Crippen MR) is 105 cm³/mol. The normalized spacial score (nSPS) is 10.7. The fourth-order valence-electron chi connectivity index (χ4n) is 2.78. The second-order valence-corrected chi connectivity index (χ2v) is 6.14. The number of nitro benzene ring substituents is 1. The number of carbonyl (C=O) groups excluding carboxylic acids is 1. The molecule has 0 saturated carbocycles. The predicted octanol–water partition coefficient (Wildman–Crippen LogP) is 4.70. The molecule has 0 unspecified atom stereocenters. The number of fused-ring (bicyclic) bond motifs is 1. The Labute approximate surface area is 159 Å². The van der Waals surface area contributed by atoms with Gasteiger partial charge in [-0.15, -0.1) is 0 Å². The Morgan fingerprint density at radius 3 is 2.39 bits per heavy atom. The van der Waals surface area contributed by atoms with Gasteiger partial charge in [-0.1, -0.05) is 12.1 Å². The van der Waals surface area contributed by atoms with E-state index in [0.29, 0.717) is 11.5 Å². The molecule has 28 heavy (non-hydrogen) atoms. The molecule has 0 fully saturated rings. The summed E-state index contributed by atoms with van der Waals surface area (Å²) in [5, 5.41) is 13.7. The number of aromatic nitrogens is 1. The molecule has 0 saturated heterocycles. The van der Waals surface area contributed by atoms with Crippen LogP contribution in [0.15, 0.2) is 77.2 Å². The van der Waals surface area contributed by atoms with E-state index in [1.54, 1.807) is 0 Å². The zero-order chi connectivity index (χ0) is 19.5. The van der Waals surface area contributed by atoms with E-state index in [9.17, 15) is 14.9 Å². The van der Waals surface area contributed by atoms with Crippen LogP contribution in [-0.2, 0) is 0 Å². The van der Waals surface area contributed by atoms with Crippen LogP contribution < -0.4 is 5.32 Å². The average Bonchev–Trinajstić information content (AvgIpc) is 3.16. The van der Waals surface area contributed by atoms with Crippen molar-refractivity contribution < 1.29 is 14.1 Å². The number of ketones is 1. The number of anilines is 1. The Hall–Kier alpha value is -4.00. The van der Waals surface area contributed by atoms with Gasteiger partial charge in [0.1, 0.15) is 5.52 Å². The van der Waals surface area contributed by atoms with E-state index in [1.165, 1.54) is 24.3 Å². The first-order valence-corrected chi connectivity index (χ1v) is 8.58. The zero-order valence-electron chi connectivity index (χ0n) is 14.7. The van der Waals surface area contributed by atoms with Crippen LogP contribution in [0.25, 0.3) is 22.6 Å². The lowest BCUT2D eigenvalue weighted by atomic mass is 10.1. The van der Waals surface area contributed by atoms with Crippen molar-refractivity contribution in [3.8, 4) is 11.5 Å². The average molecular weight is 373 g/mol. The molecule has 0 radical (unpaired) electrons. The van der Waals surface area contributed by atoms with Crippen molar-refractivity contribution in [2.45, 2.75) is 0 Å². The number of nitrogens with zero attached hydrogens (tertiary/aromatic N) is 2. The highest BCUT2D eigenvalue weighted by Gasteiger charge is 2.10. The van der Waals surface area contributed by atoms with Crippen LogP contribution in [0.3, 0.4) is 0 Å². The highest BCUT2D eigenvalue weighted by molar-refractivity contribution is 5.99. The first kappa shape index (κ1) is 17.4. The summed E-state index contributed by atoms with van der Waals surface area (Å²) in [6, 6.07) is 20.5. The smallest absolute Gasteiger partial charge is 0.269 e. The zero-order valence-corrected chi connectivity index (χ0v) is 14.7. The molecule has 0 atom stereocenters. The topological polar surface area (TPSA) is 98.3 Å². The maximum Gasteiger partial charge on any atom is 0.269 e. The minimum atomic E-state index is -0.495. The molecule has 0 aliphatic heterocycles. The number of nitrogens with one attached hydrogen (secondary N) is 1. The van der Waals surface area contributed by atoms with Crippen molar-refractivity contribution in [2.75, 3.05) is 11.9 Å². The largest absolute Gasteiger partial charge is 0.436 e. The Kier molecular flexibility index (Phi) is 4.55. The van der Waals surface area contributed by atoms with Crippen LogP contribution >= 0.6 is 0 Å². The van der Waals surface area contributed by atoms with E-state index in [4.69, 9.17) is 4.42 Å². The summed E-state index contributed by atoms with van der Waals surface area (Å²) in [7, 11) is 0. The minimum Gasteiger partial charge on any atom is -0.436 e. The number of hydrogen-bond acceptors (Lipinski definition) is 6. The quantitative estimate of drug-likeness (QED) is 0.299. The molecule has 1 N–H and O–H groups in total. The summed E-state index contributed by atoms with van der Waals surface area (Å²) >= 11 is 0. The summed E-state index contributed by atoms with van der Waals surface area (Å²) in [4.78, 5) is 26.9. The summed E-state index contributed by atoms with van der Waals surface area (Å²) < 4.78 is 5.74. The molecule has 1 heterocycles. The molecule has 4 aromatic rings. The van der Waals surface area contributed by atoms with Gasteiger partial charge in [-0.05, 0) is 48.5 Å². The maximum absolute atomic E-state index is 12.2. The van der Waals surface area contributed by atoms with Gasteiger partial charge in [0, 0.05) is 28.9 Å². The highest BCUT2D eigenvalue weighted by atomic mass is 16.6. The summed E-state index contributed by atoms with van der Waals surface area (Å²) in [5.74, 6) is 0.382. The summed E-state index contributed by atoms with van der Waals surface area (Å²) in [6.07, 6.45) is 0. The van der Waals surface area contributed by atoms with Crippen LogP contribution in [-0.4, -0.2) is 22.2 Å². The molecule has 4 rings (SSSR count). The molecule has 0 aliphatic carbocycles. The Bertz CT molecular complexity index is 1120. The molecular formula is C21H15N3O4. The lowest BCUT2D eigenvalue weighted by Gasteiger charge is -2.06. The van der Waals surface area contributed by atoms with Gasteiger partial charge in [-0.2, -0.15) is 0 Å². The third-order valence-electron chi connectivity index (χ3n) is 4.28. The van der Waals surface area contributed by atoms with E-state index in [2.05, 4.69) is 10.3 Å². The lowest BCUT2D eigenvalue weighted by molar-refractivity contribution is -0.384. The van der Waals surface area contributed by atoms with Gasteiger partial charge in [0.25, 0.3) is 5.69 Å². The molecule has 0 amide bonds. The number of carbonyl (C=O) groups is 1. The van der Waals surface area contributed by atoms with Gasteiger partial charge in [0.15, 0.2) is 11.4 Å². The van der Waals surface area contributed by atoms with E-state index in [0.717, 1.165) is 22.4 Å². The van der Waals surface area contributed by atoms with Crippen molar-refractivity contribution in [3.63, 3.8) is 0 Å². The lowest BCUT2D eigenvalue weighted by Crippen LogP contribution is -2.13. The monoisotopic (exact) mass is 373 g/mol. The van der Waals surface area contributed by atoms with Crippen molar-refractivity contribution >= 4 is 28.3 Å². The number of hydrogen-bond donors (Lipinski definition) is 1. The van der Waals surface area contributed by atoms with E-state index >= 15 is 0 Å². The van der Waals surface area contributed by atoms with Gasteiger partial charge in [-0.25, -0.2) is 4.98 Å². The number of Topliss-reactive ketones (excluding diaryl/α,β-unsaturated/α-hetero) is 1. The second-order valence-electron chi connectivity index (χ2n) is 6.14. The molecule has 1 aromatic heterocycles. The number of non-ortho nitro benzene ring substituents is 1. The number of rotatable bonds is 6. The van der Waals surface area contributed by atoms with E-state index in [1.807, 2.05) is 48.5 Å². The van der Waals surface area contributed by atoms with Gasteiger partial charge in [0.05, 0.1) is 11.5 Å². The molecule has 0 bridgehead atoms. The standard InChI is InChI=1S/C21H15N3O4/c25-19(14-7-11-17(12-8-14)24(26)27)13-22-16-9-5-15(6-10-16)21-23-18-3-1-2-4-20(18)28-21/h1-12,22H,13H2. The molecule has 7 heteroatoms. The SMILES string of the molecule is O=C(CNc1ccc(-c2nc3ccccc3o2)cc1)c1ccc([N+](=O)[O-])cc1. The number of benzene rings is 3. The highest BCUT2D eigenvalue weighted by Crippen LogP contribution is 2.25. The van der Waals surface area contributed by atoms with E-state index in [-0.39, 0.29) is 18.0 Å². The minimum absolute atomic E-state index is 0.0423. The van der Waals surface area contributed by atoms with Gasteiger partial charge >= 0.3 is 0 Å². The van der Waals surface area contributed by atoms with Crippen LogP contribution in [0.4, 0.5) is 11.4 Å². The third kappa shape index (κ3) is 3.59. The second kappa shape index (κ2) is 7.32. The van der Waals surface area contributed by atoms with Gasteiger partial charge in [-0.3, -0.25) is 14.9 Å². The third-order valence-corrected chi connectivity index (χ3v) is 4.28. The Morgan fingerprint density at radius 1 is 1.00 bits per heavy atom. The fraction of sp³-hybridized carbons (Fsp3) is 0.0476. The van der Waals surface area contributed by atoms with Crippen molar-refractivity contribution in [1.82, 2.24) is 4.98 Å². The molecule has 0 spiro atoms. The number of nitro groups is 1. The molecule has 3 aromatic carbocycles. The van der Waals surface area contributed by atoms with Crippen molar-refractivity contribution in [2.24, 2.45) is 0 Å². The van der Waals surface area contributed by atoms with Gasteiger partial charge in [0.2, 0.25) is 5.89 Å².